The number of ether oxygens (including phenoxy) is 1. The Morgan fingerprint density at radius 2 is 1.19 bits per heavy atom. The number of hydrogen-bond acceptors (Lipinski definition) is 4. The van der Waals surface area contributed by atoms with Gasteiger partial charge in [0.05, 0.1) is 0 Å². The summed E-state index contributed by atoms with van der Waals surface area (Å²) >= 11 is 0. The van der Waals surface area contributed by atoms with E-state index in [9.17, 15) is 4.79 Å². The van der Waals surface area contributed by atoms with Gasteiger partial charge in [-0.15, -0.1) is 0 Å². The molecule has 0 atom stereocenters. The average Bonchev–Trinajstić information content (AvgIpc) is 2.89. The number of carbonyl (C=O) groups is 1. The van der Waals surface area contributed by atoms with Crippen LogP contribution in [-0.2, 0) is 4.74 Å². The molecule has 2 aromatic carbocycles. The van der Waals surface area contributed by atoms with Crippen LogP contribution in [0.15, 0.2) is 36.4 Å². The number of nitrogens with one attached hydrogen (secondary N) is 3. The Bertz CT molecular complexity index is 889. The first-order valence-corrected chi connectivity index (χ1v) is 15.1. The molecular formula is C32H51N3O2. The fraction of sp³-hybridized carbons (Fsp3) is 0.656. The predicted octanol–water partition coefficient (Wildman–Crippen LogP) is 9.38. The Morgan fingerprint density at radius 3 is 1.68 bits per heavy atom. The summed E-state index contributed by atoms with van der Waals surface area (Å²) in [4.78, 5) is 12.2. The number of anilines is 2. The molecule has 0 saturated carbocycles. The van der Waals surface area contributed by atoms with E-state index in [0.29, 0.717) is 6.54 Å². The molecule has 0 unspecified atom stereocenters. The van der Waals surface area contributed by atoms with E-state index in [1.165, 1.54) is 107 Å². The first-order valence-electron chi connectivity index (χ1n) is 15.1. The molecule has 206 valence electrons. The van der Waals surface area contributed by atoms with Crippen LogP contribution in [0.3, 0.4) is 0 Å². The van der Waals surface area contributed by atoms with Gasteiger partial charge in [-0.25, -0.2) is 4.79 Å². The molecule has 1 aliphatic rings. The lowest BCUT2D eigenvalue weighted by molar-refractivity contribution is 0.130. The fourth-order valence-corrected chi connectivity index (χ4v) is 5.37. The van der Waals surface area contributed by atoms with Crippen molar-refractivity contribution in [1.82, 2.24) is 5.32 Å². The summed E-state index contributed by atoms with van der Waals surface area (Å²) in [6.07, 6.45) is 21.3. The molecule has 0 aromatic heterocycles. The summed E-state index contributed by atoms with van der Waals surface area (Å²) in [5.74, 6) is 0. The molecular weight excluding hydrogens is 458 g/mol. The highest BCUT2D eigenvalue weighted by Gasteiger charge is 2.31. The Morgan fingerprint density at radius 1 is 0.730 bits per heavy atom. The van der Waals surface area contributed by atoms with Crippen LogP contribution in [-0.4, -0.2) is 24.9 Å². The lowest BCUT2D eigenvalue weighted by Gasteiger charge is -2.38. The maximum Gasteiger partial charge on any atom is 0.407 e. The molecule has 5 nitrogen and oxygen atoms in total. The molecule has 0 fully saturated rings. The summed E-state index contributed by atoms with van der Waals surface area (Å²) in [7, 11) is 0. The maximum atomic E-state index is 12.2. The van der Waals surface area contributed by atoms with Crippen molar-refractivity contribution < 1.29 is 9.53 Å². The molecule has 0 saturated heterocycles. The zero-order chi connectivity index (χ0) is 26.2. The van der Waals surface area contributed by atoms with Crippen molar-refractivity contribution in [3.05, 3.63) is 36.4 Å². The van der Waals surface area contributed by atoms with Gasteiger partial charge in [0.2, 0.25) is 0 Å². The predicted molar refractivity (Wildman–Crippen MR) is 158 cm³/mol. The number of benzene rings is 2. The van der Waals surface area contributed by atoms with Gasteiger partial charge in [0.1, 0.15) is 12.3 Å². The SMILES string of the molecule is CCCCCCCCCCCCCCCCCCNC(=O)OCC1(C)Nc2cccc3cccc(c23)N1. The van der Waals surface area contributed by atoms with Crippen molar-refractivity contribution in [2.75, 3.05) is 23.8 Å². The third kappa shape index (κ3) is 10.5. The van der Waals surface area contributed by atoms with Gasteiger partial charge in [-0.3, -0.25) is 0 Å². The Hall–Kier alpha value is -2.43. The third-order valence-electron chi connectivity index (χ3n) is 7.52. The first kappa shape index (κ1) is 29.1. The normalized spacial score (nSPS) is 13.7. The van der Waals surface area contributed by atoms with Gasteiger partial charge < -0.3 is 20.7 Å². The molecule has 37 heavy (non-hydrogen) atoms. The van der Waals surface area contributed by atoms with E-state index in [1.807, 2.05) is 19.1 Å². The molecule has 0 aliphatic carbocycles. The monoisotopic (exact) mass is 509 g/mol. The van der Waals surface area contributed by atoms with Crippen molar-refractivity contribution >= 4 is 28.2 Å². The Kier molecular flexibility index (Phi) is 12.9. The van der Waals surface area contributed by atoms with Crippen LogP contribution < -0.4 is 16.0 Å². The summed E-state index contributed by atoms with van der Waals surface area (Å²) in [6, 6.07) is 12.5. The summed E-state index contributed by atoms with van der Waals surface area (Å²) in [5, 5.41) is 12.3. The summed E-state index contributed by atoms with van der Waals surface area (Å²) < 4.78 is 5.55. The second-order valence-corrected chi connectivity index (χ2v) is 11.1. The molecule has 1 amide bonds. The molecule has 1 heterocycles. The second kappa shape index (κ2) is 16.4. The molecule has 5 heteroatoms. The zero-order valence-corrected chi connectivity index (χ0v) is 23.5. The van der Waals surface area contributed by atoms with Crippen LogP contribution in [0.4, 0.5) is 16.2 Å². The molecule has 0 radical (unpaired) electrons. The third-order valence-corrected chi connectivity index (χ3v) is 7.52. The van der Waals surface area contributed by atoms with Gasteiger partial charge in [-0.05, 0) is 30.9 Å². The fourth-order valence-electron chi connectivity index (χ4n) is 5.37. The van der Waals surface area contributed by atoms with Gasteiger partial charge in [0, 0.05) is 23.3 Å². The highest BCUT2D eigenvalue weighted by atomic mass is 16.5. The number of hydrogen-bond donors (Lipinski definition) is 3. The second-order valence-electron chi connectivity index (χ2n) is 11.1. The van der Waals surface area contributed by atoms with E-state index in [1.54, 1.807) is 0 Å². The summed E-state index contributed by atoms with van der Waals surface area (Å²) in [6.45, 7) is 5.22. The molecule has 0 spiro atoms. The van der Waals surface area contributed by atoms with Gasteiger partial charge in [-0.1, -0.05) is 128 Å². The lowest BCUT2D eigenvalue weighted by Crippen LogP contribution is -2.50. The topological polar surface area (TPSA) is 62.4 Å². The number of carbonyl (C=O) groups excluding carboxylic acids is 1. The number of unbranched alkanes of at least 4 members (excludes halogenated alkanes) is 15. The minimum absolute atomic E-state index is 0.239. The van der Waals surface area contributed by atoms with E-state index in [-0.39, 0.29) is 12.7 Å². The van der Waals surface area contributed by atoms with Crippen LogP contribution >= 0.6 is 0 Å². The molecule has 3 N–H and O–H groups in total. The van der Waals surface area contributed by atoms with Crippen molar-refractivity contribution in [1.29, 1.82) is 0 Å². The molecule has 2 aromatic rings. The van der Waals surface area contributed by atoms with Crippen molar-refractivity contribution in [3.8, 4) is 0 Å². The molecule has 0 bridgehead atoms. The number of alkyl carbamates (subject to hydrolysis) is 1. The largest absolute Gasteiger partial charge is 0.445 e. The van der Waals surface area contributed by atoms with E-state index in [4.69, 9.17) is 4.74 Å². The van der Waals surface area contributed by atoms with Crippen molar-refractivity contribution in [2.45, 2.75) is 122 Å². The number of amides is 1. The van der Waals surface area contributed by atoms with Crippen LogP contribution in [0, 0.1) is 0 Å². The van der Waals surface area contributed by atoms with Crippen LogP contribution in [0.2, 0.25) is 0 Å². The van der Waals surface area contributed by atoms with E-state index in [2.05, 4.69) is 47.1 Å². The van der Waals surface area contributed by atoms with Gasteiger partial charge in [0.25, 0.3) is 0 Å². The minimum atomic E-state index is -0.547. The maximum absolute atomic E-state index is 12.2. The van der Waals surface area contributed by atoms with Gasteiger partial charge in [-0.2, -0.15) is 0 Å². The average molecular weight is 510 g/mol. The number of rotatable bonds is 19. The standard InChI is InChI=1S/C32H51N3O2/c1-3-4-5-6-7-8-9-10-11-12-13-14-15-16-17-18-25-33-31(36)37-26-32(2)34-28-23-19-21-27-22-20-24-29(35-32)30(27)28/h19-24,34-35H,3-18,25-26H2,1-2H3,(H,33,36). The lowest BCUT2D eigenvalue weighted by atomic mass is 10.0. The van der Waals surface area contributed by atoms with Crippen LogP contribution in [0.25, 0.3) is 10.8 Å². The Labute approximate surface area is 225 Å². The zero-order valence-electron chi connectivity index (χ0n) is 23.5. The van der Waals surface area contributed by atoms with Crippen molar-refractivity contribution in [3.63, 3.8) is 0 Å². The van der Waals surface area contributed by atoms with E-state index < -0.39 is 5.66 Å². The van der Waals surface area contributed by atoms with Gasteiger partial charge >= 0.3 is 6.09 Å². The Balaban J connectivity index is 1.14. The molecule has 3 rings (SSSR count). The highest BCUT2D eigenvalue weighted by Crippen LogP contribution is 2.37. The van der Waals surface area contributed by atoms with Crippen LogP contribution in [0.5, 0.6) is 0 Å². The summed E-state index contributed by atoms with van der Waals surface area (Å²) in [5.41, 5.74) is 1.58. The highest BCUT2D eigenvalue weighted by molar-refractivity contribution is 6.05. The minimum Gasteiger partial charge on any atom is -0.445 e. The van der Waals surface area contributed by atoms with Crippen molar-refractivity contribution in [2.24, 2.45) is 0 Å². The molecule has 1 aliphatic heterocycles. The van der Waals surface area contributed by atoms with Gasteiger partial charge in [0.15, 0.2) is 0 Å². The first-order chi connectivity index (χ1) is 18.1. The van der Waals surface area contributed by atoms with E-state index in [0.717, 1.165) is 17.8 Å². The smallest absolute Gasteiger partial charge is 0.407 e. The van der Waals surface area contributed by atoms with E-state index >= 15 is 0 Å². The quantitative estimate of drug-likeness (QED) is 0.165. The van der Waals surface area contributed by atoms with Crippen LogP contribution in [0.1, 0.15) is 117 Å².